The van der Waals surface area contributed by atoms with Gasteiger partial charge in [-0.1, -0.05) is 20.8 Å². The van der Waals surface area contributed by atoms with Gasteiger partial charge in [0, 0.05) is 6.04 Å². The van der Waals surface area contributed by atoms with Crippen LogP contribution >= 0.6 is 0 Å². The van der Waals surface area contributed by atoms with Crippen molar-refractivity contribution in [1.82, 2.24) is 5.32 Å². The smallest absolute Gasteiger partial charge is 0.320 e. The molecule has 2 atom stereocenters. The lowest BCUT2D eigenvalue weighted by atomic mass is 9.86. The zero-order valence-corrected chi connectivity index (χ0v) is 7.92. The van der Waals surface area contributed by atoms with E-state index in [1.54, 1.807) is 0 Å². The van der Waals surface area contributed by atoms with Crippen molar-refractivity contribution in [3.8, 4) is 0 Å². The minimum Gasteiger partial charge on any atom is -0.480 e. The van der Waals surface area contributed by atoms with Crippen molar-refractivity contribution in [2.45, 2.75) is 45.7 Å². The van der Waals surface area contributed by atoms with Gasteiger partial charge in [-0.2, -0.15) is 0 Å². The van der Waals surface area contributed by atoms with Crippen LogP contribution in [0.15, 0.2) is 0 Å². The molecule has 1 rings (SSSR count). The number of carbonyl (C=O) groups is 1. The summed E-state index contributed by atoms with van der Waals surface area (Å²) in [6.45, 7) is 6.40. The van der Waals surface area contributed by atoms with E-state index in [9.17, 15) is 4.79 Å². The molecule has 12 heavy (non-hydrogen) atoms. The van der Waals surface area contributed by atoms with E-state index in [1.807, 2.05) is 0 Å². The molecule has 0 aromatic rings. The molecule has 0 unspecified atom stereocenters. The van der Waals surface area contributed by atoms with E-state index < -0.39 is 5.97 Å². The van der Waals surface area contributed by atoms with Crippen LogP contribution in [0.5, 0.6) is 0 Å². The quantitative estimate of drug-likeness (QED) is 0.624. The lowest BCUT2D eigenvalue weighted by Crippen LogP contribution is -2.41. The standard InChI is InChI=1S/C9H17NO2/c1-9(2,3)7-5-4-6(10-7)8(11)12/h6-7,10H,4-5H2,1-3H3,(H,11,12)/t6-,7-/m0/s1. The summed E-state index contributed by atoms with van der Waals surface area (Å²) >= 11 is 0. The zero-order valence-electron chi connectivity index (χ0n) is 7.92. The Hall–Kier alpha value is -0.570. The average molecular weight is 171 g/mol. The minimum absolute atomic E-state index is 0.171. The summed E-state index contributed by atoms with van der Waals surface area (Å²) in [5, 5.41) is 11.9. The summed E-state index contributed by atoms with van der Waals surface area (Å²) in [5.41, 5.74) is 0.171. The summed E-state index contributed by atoms with van der Waals surface area (Å²) in [6.07, 6.45) is 1.73. The van der Waals surface area contributed by atoms with Crippen LogP contribution in [0, 0.1) is 5.41 Å². The molecule has 1 aliphatic rings. The number of nitrogens with one attached hydrogen (secondary N) is 1. The molecule has 0 saturated carbocycles. The molecule has 0 amide bonds. The highest BCUT2D eigenvalue weighted by Crippen LogP contribution is 2.28. The Morgan fingerprint density at radius 2 is 2.00 bits per heavy atom. The van der Waals surface area contributed by atoms with E-state index in [1.165, 1.54) is 0 Å². The lowest BCUT2D eigenvalue weighted by Gasteiger charge is -2.27. The molecule has 0 bridgehead atoms. The van der Waals surface area contributed by atoms with Gasteiger partial charge < -0.3 is 10.4 Å². The third kappa shape index (κ3) is 1.97. The van der Waals surface area contributed by atoms with Crippen LogP contribution in [0.4, 0.5) is 0 Å². The van der Waals surface area contributed by atoms with Crippen LogP contribution in [0.25, 0.3) is 0 Å². The van der Waals surface area contributed by atoms with Crippen LogP contribution in [0.3, 0.4) is 0 Å². The fourth-order valence-corrected chi connectivity index (χ4v) is 1.62. The highest BCUT2D eigenvalue weighted by atomic mass is 16.4. The van der Waals surface area contributed by atoms with Crippen LogP contribution in [-0.2, 0) is 4.79 Å². The number of hydrogen-bond donors (Lipinski definition) is 2. The Kier molecular flexibility index (Phi) is 2.42. The first-order valence-corrected chi connectivity index (χ1v) is 4.40. The molecule has 1 saturated heterocycles. The normalized spacial score (nSPS) is 30.6. The third-order valence-electron chi connectivity index (χ3n) is 2.49. The Morgan fingerprint density at radius 3 is 2.25 bits per heavy atom. The van der Waals surface area contributed by atoms with Crippen molar-refractivity contribution in [2.24, 2.45) is 5.41 Å². The monoisotopic (exact) mass is 171 g/mol. The van der Waals surface area contributed by atoms with Crippen LogP contribution < -0.4 is 5.32 Å². The van der Waals surface area contributed by atoms with Gasteiger partial charge in [-0.25, -0.2) is 0 Å². The van der Waals surface area contributed by atoms with Gasteiger partial charge in [-0.05, 0) is 18.3 Å². The summed E-state index contributed by atoms with van der Waals surface area (Å²) in [5.74, 6) is -0.721. The van der Waals surface area contributed by atoms with Gasteiger partial charge >= 0.3 is 5.97 Å². The molecule has 70 valence electrons. The summed E-state index contributed by atoms with van der Waals surface area (Å²) in [6, 6.07) is 0.0211. The van der Waals surface area contributed by atoms with Gasteiger partial charge in [0.25, 0.3) is 0 Å². The summed E-state index contributed by atoms with van der Waals surface area (Å²) < 4.78 is 0. The van der Waals surface area contributed by atoms with E-state index in [4.69, 9.17) is 5.11 Å². The second-order valence-electron chi connectivity index (χ2n) is 4.55. The van der Waals surface area contributed by atoms with Gasteiger partial charge in [0.15, 0.2) is 0 Å². The number of carboxylic acids is 1. The summed E-state index contributed by atoms with van der Waals surface area (Å²) in [7, 11) is 0. The molecule has 0 aromatic heterocycles. The maximum absolute atomic E-state index is 10.6. The SMILES string of the molecule is CC(C)(C)[C@@H]1CC[C@@H](C(=O)O)N1. The fraction of sp³-hybridized carbons (Fsp3) is 0.889. The van der Waals surface area contributed by atoms with Gasteiger partial charge in [0.1, 0.15) is 6.04 Å². The molecular formula is C9H17NO2. The van der Waals surface area contributed by atoms with Crippen LogP contribution in [0.1, 0.15) is 33.6 Å². The molecule has 1 fully saturated rings. The first kappa shape index (κ1) is 9.52. The molecule has 1 heterocycles. The second-order valence-corrected chi connectivity index (χ2v) is 4.55. The minimum atomic E-state index is -0.721. The van der Waals surface area contributed by atoms with Crippen molar-refractivity contribution in [3.05, 3.63) is 0 Å². The van der Waals surface area contributed by atoms with Crippen LogP contribution in [-0.4, -0.2) is 23.2 Å². The molecule has 3 heteroatoms. The Balaban J connectivity index is 2.51. The van der Waals surface area contributed by atoms with E-state index in [0.29, 0.717) is 6.04 Å². The highest BCUT2D eigenvalue weighted by Gasteiger charge is 2.35. The number of carboxylic acid groups (broad SMARTS) is 1. The Labute approximate surface area is 73.2 Å². The van der Waals surface area contributed by atoms with Crippen molar-refractivity contribution >= 4 is 5.97 Å². The number of rotatable bonds is 1. The zero-order chi connectivity index (χ0) is 9.35. The molecule has 0 aliphatic carbocycles. The third-order valence-corrected chi connectivity index (χ3v) is 2.49. The predicted octanol–water partition coefficient (Wildman–Crippen LogP) is 1.24. The molecule has 1 aliphatic heterocycles. The molecule has 3 nitrogen and oxygen atoms in total. The van der Waals surface area contributed by atoms with E-state index in [-0.39, 0.29) is 11.5 Å². The van der Waals surface area contributed by atoms with Gasteiger partial charge in [0.2, 0.25) is 0 Å². The van der Waals surface area contributed by atoms with Crippen LogP contribution in [0.2, 0.25) is 0 Å². The van der Waals surface area contributed by atoms with Gasteiger partial charge in [-0.3, -0.25) is 4.79 Å². The van der Waals surface area contributed by atoms with E-state index >= 15 is 0 Å². The van der Waals surface area contributed by atoms with E-state index in [2.05, 4.69) is 26.1 Å². The second kappa shape index (κ2) is 3.05. The van der Waals surface area contributed by atoms with Crippen molar-refractivity contribution < 1.29 is 9.90 Å². The molecule has 0 aromatic carbocycles. The first-order valence-electron chi connectivity index (χ1n) is 4.40. The lowest BCUT2D eigenvalue weighted by molar-refractivity contribution is -0.139. The fourth-order valence-electron chi connectivity index (χ4n) is 1.62. The Bertz CT molecular complexity index is 183. The van der Waals surface area contributed by atoms with Crippen molar-refractivity contribution in [1.29, 1.82) is 0 Å². The molecule has 0 radical (unpaired) electrons. The largest absolute Gasteiger partial charge is 0.480 e. The van der Waals surface area contributed by atoms with Crippen molar-refractivity contribution in [3.63, 3.8) is 0 Å². The maximum Gasteiger partial charge on any atom is 0.320 e. The topological polar surface area (TPSA) is 49.3 Å². The predicted molar refractivity (Wildman–Crippen MR) is 47.0 cm³/mol. The highest BCUT2D eigenvalue weighted by molar-refractivity contribution is 5.73. The van der Waals surface area contributed by atoms with Gasteiger partial charge in [0.05, 0.1) is 0 Å². The van der Waals surface area contributed by atoms with E-state index in [0.717, 1.165) is 12.8 Å². The maximum atomic E-state index is 10.6. The first-order chi connectivity index (χ1) is 5.41. The van der Waals surface area contributed by atoms with Crippen molar-refractivity contribution in [2.75, 3.05) is 0 Å². The Morgan fingerprint density at radius 1 is 1.42 bits per heavy atom. The number of hydrogen-bond acceptors (Lipinski definition) is 2. The molecule has 0 spiro atoms. The van der Waals surface area contributed by atoms with Gasteiger partial charge in [-0.15, -0.1) is 0 Å². The number of aliphatic carboxylic acids is 1. The summed E-state index contributed by atoms with van der Waals surface area (Å²) in [4.78, 5) is 10.6. The molecule has 2 N–H and O–H groups in total. The average Bonchev–Trinajstić information content (AvgIpc) is 2.30. The molecular weight excluding hydrogens is 154 g/mol.